The van der Waals surface area contributed by atoms with Gasteiger partial charge in [0.1, 0.15) is 11.5 Å². The van der Waals surface area contributed by atoms with E-state index in [2.05, 4.69) is 10.6 Å². The third-order valence-electron chi connectivity index (χ3n) is 3.82. The van der Waals surface area contributed by atoms with Crippen LogP contribution in [0.4, 0.5) is 11.4 Å². The standard InChI is InChI=1S/C18H21ClN2O5S/c1-11-5-6-12(27(4,23)24)7-14(11)20-10-18(22)21-15-8-13(19)16(25-2)9-17(15)26-3/h5-9,20H,10H2,1-4H3,(H,21,22). The number of hydrogen-bond acceptors (Lipinski definition) is 6. The molecule has 2 N–H and O–H groups in total. The fourth-order valence-electron chi connectivity index (χ4n) is 2.35. The molecule has 7 nitrogen and oxygen atoms in total. The maximum Gasteiger partial charge on any atom is 0.243 e. The number of carbonyl (C=O) groups excluding carboxylic acids is 1. The van der Waals surface area contributed by atoms with Gasteiger partial charge >= 0.3 is 0 Å². The Kier molecular flexibility index (Phi) is 6.56. The summed E-state index contributed by atoms with van der Waals surface area (Å²) in [7, 11) is -0.382. The van der Waals surface area contributed by atoms with E-state index in [1.807, 2.05) is 6.92 Å². The molecule has 0 fully saturated rings. The molecule has 0 aromatic heterocycles. The molecule has 2 rings (SSSR count). The molecule has 0 bridgehead atoms. The molecule has 0 radical (unpaired) electrons. The number of aryl methyl sites for hydroxylation is 1. The van der Waals surface area contributed by atoms with Crippen LogP contribution in [0.25, 0.3) is 0 Å². The molecule has 0 saturated heterocycles. The maximum absolute atomic E-state index is 12.3. The summed E-state index contributed by atoms with van der Waals surface area (Å²) in [6, 6.07) is 7.82. The van der Waals surface area contributed by atoms with Gasteiger partial charge in [0.25, 0.3) is 0 Å². The van der Waals surface area contributed by atoms with E-state index in [9.17, 15) is 13.2 Å². The number of benzene rings is 2. The van der Waals surface area contributed by atoms with Gasteiger partial charge in [-0.1, -0.05) is 17.7 Å². The summed E-state index contributed by atoms with van der Waals surface area (Å²) in [5.41, 5.74) is 1.78. The first-order valence-corrected chi connectivity index (χ1v) is 10.2. The highest BCUT2D eigenvalue weighted by Gasteiger charge is 2.14. The van der Waals surface area contributed by atoms with E-state index >= 15 is 0 Å². The van der Waals surface area contributed by atoms with Crippen molar-refractivity contribution in [3.63, 3.8) is 0 Å². The summed E-state index contributed by atoms with van der Waals surface area (Å²) in [6.07, 6.45) is 1.13. The summed E-state index contributed by atoms with van der Waals surface area (Å²) >= 11 is 6.09. The molecule has 9 heteroatoms. The van der Waals surface area contributed by atoms with E-state index in [-0.39, 0.29) is 17.3 Å². The van der Waals surface area contributed by atoms with Crippen LogP contribution in [0.3, 0.4) is 0 Å². The van der Waals surface area contributed by atoms with E-state index in [1.54, 1.807) is 12.1 Å². The lowest BCUT2D eigenvalue weighted by Gasteiger charge is -2.14. The SMILES string of the molecule is COc1cc(OC)c(NC(=O)CNc2cc(S(C)(=O)=O)ccc2C)cc1Cl. The molecule has 0 spiro atoms. The topological polar surface area (TPSA) is 93.7 Å². The molecule has 0 saturated carbocycles. The average Bonchev–Trinajstić information content (AvgIpc) is 2.60. The van der Waals surface area contributed by atoms with E-state index < -0.39 is 9.84 Å². The van der Waals surface area contributed by atoms with E-state index in [1.165, 1.54) is 32.4 Å². The van der Waals surface area contributed by atoms with Crippen LogP contribution >= 0.6 is 11.6 Å². The second kappa shape index (κ2) is 8.49. The maximum atomic E-state index is 12.3. The quantitative estimate of drug-likeness (QED) is 0.725. The first kappa shape index (κ1) is 20.9. The lowest BCUT2D eigenvalue weighted by Crippen LogP contribution is -2.22. The number of ether oxygens (including phenoxy) is 2. The summed E-state index contributed by atoms with van der Waals surface area (Å²) in [5, 5.41) is 5.98. The van der Waals surface area contributed by atoms with Gasteiger partial charge in [0.15, 0.2) is 9.84 Å². The number of methoxy groups -OCH3 is 2. The van der Waals surface area contributed by atoms with E-state index in [0.29, 0.717) is 27.9 Å². The van der Waals surface area contributed by atoms with Gasteiger partial charge in [-0.3, -0.25) is 4.79 Å². The van der Waals surface area contributed by atoms with Gasteiger partial charge in [-0.15, -0.1) is 0 Å². The highest BCUT2D eigenvalue weighted by Crippen LogP contribution is 2.35. The second-order valence-electron chi connectivity index (χ2n) is 5.84. The minimum Gasteiger partial charge on any atom is -0.495 e. The summed E-state index contributed by atoms with van der Waals surface area (Å²) in [6.45, 7) is 1.75. The Morgan fingerprint density at radius 3 is 2.33 bits per heavy atom. The summed E-state index contributed by atoms with van der Waals surface area (Å²) in [5.74, 6) is 0.483. The van der Waals surface area contributed by atoms with Crippen molar-refractivity contribution in [2.75, 3.05) is 37.7 Å². The molecular formula is C18H21ClN2O5S. The highest BCUT2D eigenvalue weighted by molar-refractivity contribution is 7.90. The molecular weight excluding hydrogens is 392 g/mol. The van der Waals surface area contributed by atoms with Gasteiger partial charge in [0.05, 0.1) is 36.4 Å². The van der Waals surface area contributed by atoms with Crippen LogP contribution in [0.2, 0.25) is 5.02 Å². The third kappa shape index (κ3) is 5.27. The Hall–Kier alpha value is -2.45. The summed E-state index contributed by atoms with van der Waals surface area (Å²) < 4.78 is 33.7. The predicted octanol–water partition coefficient (Wildman–Crippen LogP) is 3.12. The van der Waals surface area contributed by atoms with Crippen LogP contribution in [0.1, 0.15) is 5.56 Å². The molecule has 2 aromatic carbocycles. The van der Waals surface area contributed by atoms with Crippen LogP contribution in [0.5, 0.6) is 11.5 Å². The van der Waals surface area contributed by atoms with Crippen LogP contribution in [-0.4, -0.2) is 41.3 Å². The Morgan fingerprint density at radius 2 is 1.74 bits per heavy atom. The molecule has 0 aliphatic heterocycles. The zero-order valence-corrected chi connectivity index (χ0v) is 17.0. The summed E-state index contributed by atoms with van der Waals surface area (Å²) in [4.78, 5) is 12.5. The van der Waals surface area contributed by atoms with Crippen LogP contribution in [0, 0.1) is 6.92 Å². The lowest BCUT2D eigenvalue weighted by atomic mass is 10.2. The van der Waals surface area contributed by atoms with Crippen LogP contribution < -0.4 is 20.1 Å². The monoisotopic (exact) mass is 412 g/mol. The molecule has 27 heavy (non-hydrogen) atoms. The normalized spacial score (nSPS) is 11.0. The van der Waals surface area contributed by atoms with Gasteiger partial charge < -0.3 is 20.1 Å². The Morgan fingerprint density at radius 1 is 1.07 bits per heavy atom. The molecule has 0 aliphatic carbocycles. The fraction of sp³-hybridized carbons (Fsp3) is 0.278. The van der Waals surface area contributed by atoms with Crippen molar-refractivity contribution < 1.29 is 22.7 Å². The average molecular weight is 413 g/mol. The first-order valence-electron chi connectivity index (χ1n) is 7.91. The van der Waals surface area contributed by atoms with Crippen molar-refractivity contribution in [1.29, 1.82) is 0 Å². The van der Waals surface area contributed by atoms with Crippen molar-refractivity contribution in [3.05, 3.63) is 40.9 Å². The van der Waals surface area contributed by atoms with Crippen molar-refractivity contribution in [2.24, 2.45) is 0 Å². The Bertz CT molecular complexity index is 960. The number of sulfone groups is 1. The van der Waals surface area contributed by atoms with Gasteiger partial charge in [-0.2, -0.15) is 0 Å². The van der Waals surface area contributed by atoms with Crippen molar-refractivity contribution in [3.8, 4) is 11.5 Å². The van der Waals surface area contributed by atoms with E-state index in [4.69, 9.17) is 21.1 Å². The predicted molar refractivity (Wildman–Crippen MR) is 106 cm³/mol. The fourth-order valence-corrected chi connectivity index (χ4v) is 3.24. The van der Waals surface area contributed by atoms with Gasteiger partial charge in [-0.25, -0.2) is 8.42 Å². The molecule has 0 atom stereocenters. The molecule has 2 aromatic rings. The highest BCUT2D eigenvalue weighted by atomic mass is 35.5. The van der Waals surface area contributed by atoms with Gasteiger partial charge in [0, 0.05) is 18.0 Å². The van der Waals surface area contributed by atoms with E-state index in [0.717, 1.165) is 11.8 Å². The molecule has 146 valence electrons. The zero-order valence-electron chi connectivity index (χ0n) is 15.4. The minimum absolute atomic E-state index is 0.0686. The van der Waals surface area contributed by atoms with Gasteiger partial charge in [0.2, 0.25) is 5.91 Å². The number of carbonyl (C=O) groups is 1. The lowest BCUT2D eigenvalue weighted by molar-refractivity contribution is -0.114. The molecule has 1 amide bonds. The van der Waals surface area contributed by atoms with Crippen molar-refractivity contribution in [2.45, 2.75) is 11.8 Å². The Labute approximate surface area is 163 Å². The number of rotatable bonds is 7. The number of hydrogen-bond donors (Lipinski definition) is 2. The molecule has 0 unspecified atom stereocenters. The molecule has 0 heterocycles. The zero-order chi connectivity index (χ0) is 20.2. The smallest absolute Gasteiger partial charge is 0.243 e. The number of anilines is 2. The minimum atomic E-state index is -3.33. The van der Waals surface area contributed by atoms with Crippen molar-refractivity contribution in [1.82, 2.24) is 0 Å². The number of halogens is 1. The number of nitrogens with one attached hydrogen (secondary N) is 2. The molecule has 0 aliphatic rings. The second-order valence-corrected chi connectivity index (χ2v) is 8.26. The van der Waals surface area contributed by atoms with Crippen LogP contribution in [-0.2, 0) is 14.6 Å². The van der Waals surface area contributed by atoms with Gasteiger partial charge in [-0.05, 0) is 30.7 Å². The largest absolute Gasteiger partial charge is 0.495 e. The third-order valence-corrected chi connectivity index (χ3v) is 5.23. The first-order chi connectivity index (χ1) is 12.7. The number of amides is 1. The van der Waals surface area contributed by atoms with Crippen LogP contribution in [0.15, 0.2) is 35.2 Å². The van der Waals surface area contributed by atoms with Crippen molar-refractivity contribution >= 4 is 38.7 Å². The Balaban J connectivity index is 2.13.